The highest BCUT2D eigenvalue weighted by molar-refractivity contribution is 14.0. The Bertz CT molecular complexity index is 761. The lowest BCUT2D eigenvalue weighted by Gasteiger charge is -2.14. The first-order valence-corrected chi connectivity index (χ1v) is 10.1. The quantitative estimate of drug-likeness (QED) is 0.282. The van der Waals surface area contributed by atoms with Gasteiger partial charge in [0.2, 0.25) is 0 Å². The van der Waals surface area contributed by atoms with Gasteiger partial charge < -0.3 is 20.1 Å². The number of methoxy groups -OCH3 is 1. The van der Waals surface area contributed by atoms with E-state index in [4.69, 9.17) is 14.5 Å². The maximum absolute atomic E-state index is 6.00. The van der Waals surface area contributed by atoms with Crippen LogP contribution in [0.3, 0.4) is 0 Å². The molecule has 0 bridgehead atoms. The summed E-state index contributed by atoms with van der Waals surface area (Å²) in [6.07, 6.45) is 2.59. The average Bonchev–Trinajstić information content (AvgIpc) is 3.55. The number of rotatable bonds is 10. The SMILES string of the molecule is CCNC(=NCc1ccc(COC)cc1)NCc1ccccc1OCC1CC1.I. The highest BCUT2D eigenvalue weighted by atomic mass is 127. The van der Waals surface area contributed by atoms with E-state index in [9.17, 15) is 0 Å². The topological polar surface area (TPSA) is 54.9 Å². The van der Waals surface area contributed by atoms with Gasteiger partial charge in [-0.25, -0.2) is 4.99 Å². The minimum Gasteiger partial charge on any atom is -0.493 e. The van der Waals surface area contributed by atoms with Crippen LogP contribution in [0.4, 0.5) is 0 Å². The summed E-state index contributed by atoms with van der Waals surface area (Å²) in [5.41, 5.74) is 3.49. The maximum Gasteiger partial charge on any atom is 0.191 e. The molecular weight excluding hydrogens is 477 g/mol. The zero-order valence-corrected chi connectivity index (χ0v) is 19.6. The van der Waals surface area contributed by atoms with Crippen LogP contribution in [0.1, 0.15) is 36.5 Å². The molecule has 2 N–H and O–H groups in total. The van der Waals surface area contributed by atoms with Gasteiger partial charge >= 0.3 is 0 Å². The molecule has 0 aliphatic heterocycles. The van der Waals surface area contributed by atoms with Crippen molar-refractivity contribution in [2.75, 3.05) is 20.3 Å². The summed E-state index contributed by atoms with van der Waals surface area (Å²) < 4.78 is 11.2. The first-order chi connectivity index (χ1) is 13.8. The number of nitrogens with zero attached hydrogens (tertiary/aromatic N) is 1. The lowest BCUT2D eigenvalue weighted by Crippen LogP contribution is -2.36. The number of ether oxygens (including phenoxy) is 2. The van der Waals surface area contributed by atoms with E-state index in [2.05, 4.69) is 47.9 Å². The van der Waals surface area contributed by atoms with Crippen molar-refractivity contribution in [3.05, 3.63) is 65.2 Å². The van der Waals surface area contributed by atoms with E-state index in [1.165, 1.54) is 24.0 Å². The van der Waals surface area contributed by atoms with Gasteiger partial charge in [0.05, 0.1) is 19.8 Å². The van der Waals surface area contributed by atoms with Crippen LogP contribution >= 0.6 is 24.0 Å². The van der Waals surface area contributed by atoms with Gasteiger partial charge in [-0.05, 0) is 42.9 Å². The molecule has 1 aliphatic rings. The molecular formula is C23H32IN3O2. The number of hydrogen-bond donors (Lipinski definition) is 2. The van der Waals surface area contributed by atoms with Crippen molar-refractivity contribution in [2.45, 2.75) is 39.5 Å². The molecule has 1 fully saturated rings. The molecule has 29 heavy (non-hydrogen) atoms. The van der Waals surface area contributed by atoms with E-state index < -0.39 is 0 Å². The molecule has 0 saturated heterocycles. The van der Waals surface area contributed by atoms with Crippen molar-refractivity contribution in [1.82, 2.24) is 10.6 Å². The van der Waals surface area contributed by atoms with Crippen molar-refractivity contribution in [3.8, 4) is 5.75 Å². The number of benzene rings is 2. The van der Waals surface area contributed by atoms with E-state index in [-0.39, 0.29) is 24.0 Å². The van der Waals surface area contributed by atoms with E-state index in [0.29, 0.717) is 19.7 Å². The Balaban J connectivity index is 0.00000300. The molecule has 2 aromatic carbocycles. The number of guanidine groups is 1. The van der Waals surface area contributed by atoms with Gasteiger partial charge in [-0.2, -0.15) is 0 Å². The lowest BCUT2D eigenvalue weighted by molar-refractivity contribution is 0.185. The smallest absolute Gasteiger partial charge is 0.191 e. The molecule has 0 spiro atoms. The molecule has 1 saturated carbocycles. The highest BCUT2D eigenvalue weighted by Crippen LogP contribution is 2.30. The van der Waals surface area contributed by atoms with Crippen LogP contribution < -0.4 is 15.4 Å². The third-order valence-corrected chi connectivity index (χ3v) is 4.69. The average molecular weight is 509 g/mol. The van der Waals surface area contributed by atoms with Gasteiger partial charge in [0.1, 0.15) is 5.75 Å². The first kappa shape index (κ1) is 23.5. The Morgan fingerprint density at radius 1 is 1.03 bits per heavy atom. The summed E-state index contributed by atoms with van der Waals surface area (Å²) in [5, 5.41) is 6.73. The summed E-state index contributed by atoms with van der Waals surface area (Å²) in [7, 11) is 1.71. The van der Waals surface area contributed by atoms with Crippen LogP contribution in [0.5, 0.6) is 5.75 Å². The normalized spacial score (nSPS) is 13.5. The molecule has 0 atom stereocenters. The Morgan fingerprint density at radius 2 is 1.76 bits per heavy atom. The maximum atomic E-state index is 6.00. The van der Waals surface area contributed by atoms with Gasteiger partial charge in [0, 0.05) is 25.8 Å². The Hall–Kier alpha value is -1.80. The molecule has 158 valence electrons. The third-order valence-electron chi connectivity index (χ3n) is 4.69. The van der Waals surface area contributed by atoms with E-state index in [1.54, 1.807) is 7.11 Å². The van der Waals surface area contributed by atoms with E-state index in [1.807, 2.05) is 18.2 Å². The number of halogens is 1. The fraction of sp³-hybridized carbons (Fsp3) is 0.435. The zero-order chi connectivity index (χ0) is 19.6. The lowest BCUT2D eigenvalue weighted by atomic mass is 10.1. The fourth-order valence-electron chi connectivity index (χ4n) is 2.88. The van der Waals surface area contributed by atoms with E-state index >= 15 is 0 Å². The summed E-state index contributed by atoms with van der Waals surface area (Å²) in [6.45, 7) is 5.66. The zero-order valence-electron chi connectivity index (χ0n) is 17.3. The molecule has 3 rings (SSSR count). The standard InChI is InChI=1S/C23H31N3O2.HI/c1-3-24-23(25-14-18-8-10-19(11-9-18)16-27-2)26-15-21-6-4-5-7-22(21)28-17-20-12-13-20;/h4-11,20H,3,12-17H2,1-2H3,(H2,24,25,26);1H. The summed E-state index contributed by atoms with van der Waals surface area (Å²) >= 11 is 0. The fourth-order valence-corrected chi connectivity index (χ4v) is 2.88. The second kappa shape index (κ2) is 12.7. The Kier molecular flexibility index (Phi) is 10.3. The van der Waals surface area contributed by atoms with Crippen LogP contribution in [0.15, 0.2) is 53.5 Å². The molecule has 0 radical (unpaired) electrons. The monoisotopic (exact) mass is 509 g/mol. The molecule has 6 heteroatoms. The molecule has 5 nitrogen and oxygen atoms in total. The molecule has 0 unspecified atom stereocenters. The molecule has 1 aliphatic carbocycles. The third kappa shape index (κ3) is 8.22. The van der Waals surface area contributed by atoms with Crippen molar-refractivity contribution < 1.29 is 9.47 Å². The van der Waals surface area contributed by atoms with E-state index in [0.717, 1.165) is 36.3 Å². The van der Waals surface area contributed by atoms with Gasteiger partial charge in [-0.3, -0.25) is 0 Å². The van der Waals surface area contributed by atoms with Crippen molar-refractivity contribution in [1.29, 1.82) is 0 Å². The van der Waals surface area contributed by atoms with Crippen LogP contribution in [0, 0.1) is 5.92 Å². The van der Waals surface area contributed by atoms with Crippen LogP contribution in [-0.4, -0.2) is 26.2 Å². The minimum absolute atomic E-state index is 0. The molecule has 0 aromatic heterocycles. The van der Waals surface area contributed by atoms with Gasteiger partial charge in [0.25, 0.3) is 0 Å². The second-order valence-corrected chi connectivity index (χ2v) is 7.16. The molecule has 0 amide bonds. The number of para-hydroxylation sites is 1. The summed E-state index contributed by atoms with van der Waals surface area (Å²) in [5.74, 6) is 2.52. The molecule has 0 heterocycles. The van der Waals surface area contributed by atoms with Gasteiger partial charge in [-0.15, -0.1) is 24.0 Å². The largest absolute Gasteiger partial charge is 0.493 e. The van der Waals surface area contributed by atoms with Crippen LogP contribution in [-0.2, 0) is 24.4 Å². The van der Waals surface area contributed by atoms with Crippen molar-refractivity contribution in [2.24, 2.45) is 10.9 Å². The first-order valence-electron chi connectivity index (χ1n) is 10.1. The predicted octanol–water partition coefficient (Wildman–Crippen LogP) is 4.50. The highest BCUT2D eigenvalue weighted by Gasteiger charge is 2.22. The number of hydrogen-bond acceptors (Lipinski definition) is 3. The van der Waals surface area contributed by atoms with Gasteiger partial charge in [-0.1, -0.05) is 42.5 Å². The van der Waals surface area contributed by atoms with Crippen LogP contribution in [0.25, 0.3) is 0 Å². The minimum atomic E-state index is 0. The summed E-state index contributed by atoms with van der Waals surface area (Å²) in [6, 6.07) is 16.6. The van der Waals surface area contributed by atoms with Crippen molar-refractivity contribution in [3.63, 3.8) is 0 Å². The van der Waals surface area contributed by atoms with Gasteiger partial charge in [0.15, 0.2) is 5.96 Å². The number of nitrogens with one attached hydrogen (secondary N) is 2. The Labute approximate surface area is 191 Å². The Morgan fingerprint density at radius 3 is 2.45 bits per heavy atom. The summed E-state index contributed by atoms with van der Waals surface area (Å²) in [4.78, 5) is 4.71. The molecule has 2 aromatic rings. The predicted molar refractivity (Wildman–Crippen MR) is 129 cm³/mol. The van der Waals surface area contributed by atoms with Crippen molar-refractivity contribution >= 4 is 29.9 Å². The number of aliphatic imine (C=N–C) groups is 1. The second-order valence-electron chi connectivity index (χ2n) is 7.16. The van der Waals surface area contributed by atoms with Crippen LogP contribution in [0.2, 0.25) is 0 Å².